The molecule has 86 valence electrons. The first-order valence-electron chi connectivity index (χ1n) is 5.21. The summed E-state index contributed by atoms with van der Waals surface area (Å²) < 4.78 is 4.73. The highest BCUT2D eigenvalue weighted by Crippen LogP contribution is 2.13. The van der Waals surface area contributed by atoms with E-state index in [2.05, 4.69) is 9.97 Å². The second-order valence-corrected chi connectivity index (χ2v) is 3.56. The van der Waals surface area contributed by atoms with Gasteiger partial charge in [-0.25, -0.2) is 4.79 Å². The molecule has 0 aromatic carbocycles. The number of carbonyl (C=O) groups excluding carboxylic acids is 1. The Labute approximate surface area is 99.3 Å². The van der Waals surface area contributed by atoms with Crippen LogP contribution in [0.5, 0.6) is 0 Å². The number of hydrogen-bond acceptors (Lipinski definition) is 4. The SMILES string of the molecule is COC(=O)c1ccncc1Cc1cccnc1. The van der Waals surface area contributed by atoms with Gasteiger partial charge in [0.25, 0.3) is 0 Å². The minimum atomic E-state index is -0.341. The molecule has 4 heteroatoms. The summed E-state index contributed by atoms with van der Waals surface area (Å²) in [5, 5.41) is 0. The number of esters is 1. The minimum absolute atomic E-state index is 0.341. The molecule has 0 unspecified atom stereocenters. The van der Waals surface area contributed by atoms with Gasteiger partial charge in [0.1, 0.15) is 0 Å². The van der Waals surface area contributed by atoms with E-state index in [4.69, 9.17) is 4.74 Å². The largest absolute Gasteiger partial charge is 0.465 e. The maximum atomic E-state index is 11.6. The summed E-state index contributed by atoms with van der Waals surface area (Å²) in [7, 11) is 1.37. The van der Waals surface area contributed by atoms with Gasteiger partial charge < -0.3 is 4.74 Å². The van der Waals surface area contributed by atoms with Gasteiger partial charge in [0.2, 0.25) is 0 Å². The molecule has 0 saturated heterocycles. The molecule has 0 aliphatic heterocycles. The first kappa shape index (κ1) is 11.3. The van der Waals surface area contributed by atoms with E-state index in [1.54, 1.807) is 30.9 Å². The Morgan fingerprint density at radius 3 is 2.76 bits per heavy atom. The molecule has 2 heterocycles. The third-order valence-corrected chi connectivity index (χ3v) is 2.43. The van der Waals surface area contributed by atoms with Crippen LogP contribution in [0.4, 0.5) is 0 Å². The average molecular weight is 228 g/mol. The highest BCUT2D eigenvalue weighted by molar-refractivity contribution is 5.90. The van der Waals surface area contributed by atoms with Gasteiger partial charge in [-0.1, -0.05) is 6.07 Å². The summed E-state index contributed by atoms with van der Waals surface area (Å²) in [4.78, 5) is 19.6. The monoisotopic (exact) mass is 228 g/mol. The van der Waals surface area contributed by atoms with Crippen LogP contribution in [-0.2, 0) is 11.2 Å². The third kappa shape index (κ3) is 2.66. The summed E-state index contributed by atoms with van der Waals surface area (Å²) >= 11 is 0. The fraction of sp³-hybridized carbons (Fsp3) is 0.154. The first-order chi connectivity index (χ1) is 8.31. The Balaban J connectivity index is 2.30. The lowest BCUT2D eigenvalue weighted by atomic mass is 10.0. The van der Waals surface area contributed by atoms with Gasteiger partial charge in [0.05, 0.1) is 12.7 Å². The number of aromatic nitrogens is 2. The van der Waals surface area contributed by atoms with Crippen LogP contribution in [0.15, 0.2) is 43.0 Å². The highest BCUT2D eigenvalue weighted by Gasteiger charge is 2.11. The topological polar surface area (TPSA) is 52.1 Å². The van der Waals surface area contributed by atoms with Crippen molar-refractivity contribution in [1.82, 2.24) is 9.97 Å². The molecule has 2 aromatic rings. The van der Waals surface area contributed by atoms with Gasteiger partial charge in [0, 0.05) is 31.2 Å². The highest BCUT2D eigenvalue weighted by atomic mass is 16.5. The van der Waals surface area contributed by atoms with Crippen LogP contribution in [-0.4, -0.2) is 23.0 Å². The normalized spacial score (nSPS) is 9.94. The molecule has 0 N–H and O–H groups in total. The van der Waals surface area contributed by atoms with E-state index in [0.717, 1.165) is 11.1 Å². The zero-order valence-corrected chi connectivity index (χ0v) is 9.46. The zero-order chi connectivity index (χ0) is 12.1. The molecule has 0 amide bonds. The van der Waals surface area contributed by atoms with Crippen molar-refractivity contribution in [2.24, 2.45) is 0 Å². The predicted octanol–water partition coefficient (Wildman–Crippen LogP) is 1.85. The number of carbonyl (C=O) groups is 1. The van der Waals surface area contributed by atoms with Crippen molar-refractivity contribution in [1.29, 1.82) is 0 Å². The van der Waals surface area contributed by atoms with Gasteiger partial charge >= 0.3 is 5.97 Å². The van der Waals surface area contributed by atoms with Gasteiger partial charge in [-0.3, -0.25) is 9.97 Å². The van der Waals surface area contributed by atoms with Crippen molar-refractivity contribution in [2.75, 3.05) is 7.11 Å². The molecule has 0 atom stereocenters. The molecule has 2 aromatic heterocycles. The minimum Gasteiger partial charge on any atom is -0.465 e. The molecule has 17 heavy (non-hydrogen) atoms. The Morgan fingerprint density at radius 1 is 1.24 bits per heavy atom. The Hall–Kier alpha value is -2.23. The maximum Gasteiger partial charge on any atom is 0.338 e. The lowest BCUT2D eigenvalue weighted by Gasteiger charge is -2.06. The Kier molecular flexibility index (Phi) is 3.45. The Bertz CT molecular complexity index is 512. The van der Waals surface area contributed by atoms with Crippen molar-refractivity contribution in [2.45, 2.75) is 6.42 Å². The standard InChI is InChI=1S/C13H12N2O2/c1-17-13(16)12-4-6-15-9-11(12)7-10-3-2-5-14-8-10/h2-6,8-9H,7H2,1H3. The first-order valence-corrected chi connectivity index (χ1v) is 5.21. The van der Waals surface area contributed by atoms with Crippen molar-refractivity contribution in [3.8, 4) is 0 Å². The lowest BCUT2D eigenvalue weighted by Crippen LogP contribution is -2.06. The van der Waals surface area contributed by atoms with Gasteiger partial charge in [-0.05, 0) is 23.3 Å². The smallest absolute Gasteiger partial charge is 0.338 e. The molecule has 0 bridgehead atoms. The van der Waals surface area contributed by atoms with Crippen molar-refractivity contribution in [3.63, 3.8) is 0 Å². The number of ether oxygens (including phenoxy) is 1. The molecule has 0 aliphatic rings. The molecule has 0 aliphatic carbocycles. The van der Waals surface area contributed by atoms with Crippen LogP contribution in [0.3, 0.4) is 0 Å². The molecule has 0 spiro atoms. The molecular formula is C13H12N2O2. The maximum absolute atomic E-state index is 11.6. The lowest BCUT2D eigenvalue weighted by molar-refractivity contribution is 0.0599. The van der Waals surface area contributed by atoms with E-state index in [1.807, 2.05) is 12.1 Å². The van der Waals surface area contributed by atoms with Crippen molar-refractivity contribution >= 4 is 5.97 Å². The van der Waals surface area contributed by atoms with Crippen LogP contribution < -0.4 is 0 Å². The number of methoxy groups -OCH3 is 1. The third-order valence-electron chi connectivity index (χ3n) is 2.43. The fourth-order valence-electron chi connectivity index (χ4n) is 1.60. The quantitative estimate of drug-likeness (QED) is 0.752. The molecular weight excluding hydrogens is 216 g/mol. The summed E-state index contributed by atoms with van der Waals surface area (Å²) in [5.41, 5.74) is 2.42. The summed E-state index contributed by atoms with van der Waals surface area (Å²) in [6.07, 6.45) is 7.37. The average Bonchev–Trinajstić information content (AvgIpc) is 2.40. The van der Waals surface area contributed by atoms with E-state index >= 15 is 0 Å². The summed E-state index contributed by atoms with van der Waals surface area (Å²) in [6.45, 7) is 0. The molecule has 2 rings (SSSR count). The number of pyridine rings is 2. The summed E-state index contributed by atoms with van der Waals surface area (Å²) in [6, 6.07) is 5.49. The van der Waals surface area contributed by atoms with Crippen LogP contribution >= 0.6 is 0 Å². The van der Waals surface area contributed by atoms with Crippen LogP contribution in [0.1, 0.15) is 21.5 Å². The van der Waals surface area contributed by atoms with Gasteiger partial charge in [0.15, 0.2) is 0 Å². The van der Waals surface area contributed by atoms with E-state index < -0.39 is 0 Å². The number of rotatable bonds is 3. The zero-order valence-electron chi connectivity index (χ0n) is 9.46. The van der Waals surface area contributed by atoms with E-state index in [0.29, 0.717) is 12.0 Å². The van der Waals surface area contributed by atoms with E-state index in [-0.39, 0.29) is 5.97 Å². The molecule has 0 saturated carbocycles. The van der Waals surface area contributed by atoms with Crippen LogP contribution in [0.2, 0.25) is 0 Å². The van der Waals surface area contributed by atoms with E-state index in [9.17, 15) is 4.79 Å². The molecule has 4 nitrogen and oxygen atoms in total. The van der Waals surface area contributed by atoms with Crippen LogP contribution in [0.25, 0.3) is 0 Å². The van der Waals surface area contributed by atoms with Crippen molar-refractivity contribution in [3.05, 3.63) is 59.7 Å². The fourth-order valence-corrected chi connectivity index (χ4v) is 1.60. The van der Waals surface area contributed by atoms with E-state index in [1.165, 1.54) is 7.11 Å². The Morgan fingerprint density at radius 2 is 2.06 bits per heavy atom. The molecule has 0 fully saturated rings. The number of nitrogens with zero attached hydrogens (tertiary/aromatic N) is 2. The van der Waals surface area contributed by atoms with Crippen molar-refractivity contribution < 1.29 is 9.53 Å². The van der Waals surface area contributed by atoms with Crippen LogP contribution in [0, 0.1) is 0 Å². The second-order valence-electron chi connectivity index (χ2n) is 3.56. The van der Waals surface area contributed by atoms with Gasteiger partial charge in [-0.2, -0.15) is 0 Å². The molecule has 0 radical (unpaired) electrons. The van der Waals surface area contributed by atoms with Gasteiger partial charge in [-0.15, -0.1) is 0 Å². The predicted molar refractivity (Wildman–Crippen MR) is 62.6 cm³/mol. The number of hydrogen-bond donors (Lipinski definition) is 0. The summed E-state index contributed by atoms with van der Waals surface area (Å²) in [5.74, 6) is -0.341. The second kappa shape index (κ2) is 5.21.